The Hall–Kier alpha value is -1.88. The molecule has 5 heteroatoms. The molecule has 0 spiro atoms. The van der Waals surface area contributed by atoms with Crippen molar-refractivity contribution in [3.63, 3.8) is 0 Å². The Morgan fingerprint density at radius 1 is 1.39 bits per heavy atom. The van der Waals surface area contributed by atoms with Crippen LogP contribution in [0.5, 0.6) is 0 Å². The fourth-order valence-corrected chi connectivity index (χ4v) is 2.58. The molecule has 1 atom stereocenters. The molecular formula is C13H14N2O2S. The van der Waals surface area contributed by atoms with Gasteiger partial charge >= 0.3 is 6.09 Å². The molecule has 2 aromatic rings. The fraction of sp³-hybridized carbons (Fsp3) is 0.231. The SMILES string of the molecule is Cc1ncsc1-c1ccc([C@H](C)NC(=O)O)cc1. The summed E-state index contributed by atoms with van der Waals surface area (Å²) in [6, 6.07) is 7.66. The van der Waals surface area contributed by atoms with Gasteiger partial charge in [-0.2, -0.15) is 0 Å². The first-order valence-corrected chi connectivity index (χ1v) is 6.46. The number of carboxylic acid groups (broad SMARTS) is 1. The minimum atomic E-state index is -1.01. The van der Waals surface area contributed by atoms with Gasteiger partial charge in [-0.1, -0.05) is 24.3 Å². The number of benzene rings is 1. The van der Waals surface area contributed by atoms with Crippen LogP contribution < -0.4 is 5.32 Å². The molecule has 2 rings (SSSR count). The number of hydrogen-bond donors (Lipinski definition) is 2. The van der Waals surface area contributed by atoms with E-state index < -0.39 is 6.09 Å². The maximum absolute atomic E-state index is 10.6. The summed E-state index contributed by atoms with van der Waals surface area (Å²) in [5, 5.41) is 11.1. The quantitative estimate of drug-likeness (QED) is 0.890. The third kappa shape index (κ3) is 2.68. The molecule has 0 aliphatic heterocycles. The standard InChI is InChI=1S/C13H14N2O2S/c1-8(15-13(16)17)10-3-5-11(6-4-10)12-9(2)14-7-18-12/h3-8,15H,1-2H3,(H,16,17)/t8-/m0/s1. The van der Waals surface area contributed by atoms with Crippen LogP contribution in [0.1, 0.15) is 24.2 Å². The zero-order valence-corrected chi connectivity index (χ0v) is 11.0. The molecule has 0 aliphatic carbocycles. The predicted octanol–water partition coefficient (Wildman–Crippen LogP) is 3.45. The topological polar surface area (TPSA) is 62.2 Å². The molecule has 0 saturated carbocycles. The molecule has 94 valence electrons. The van der Waals surface area contributed by atoms with E-state index in [-0.39, 0.29) is 6.04 Å². The first-order chi connectivity index (χ1) is 8.58. The van der Waals surface area contributed by atoms with Crippen LogP contribution in [-0.4, -0.2) is 16.2 Å². The van der Waals surface area contributed by atoms with Crippen molar-refractivity contribution in [2.24, 2.45) is 0 Å². The first-order valence-electron chi connectivity index (χ1n) is 5.58. The maximum Gasteiger partial charge on any atom is 0.405 e. The zero-order chi connectivity index (χ0) is 13.1. The van der Waals surface area contributed by atoms with E-state index in [1.54, 1.807) is 11.3 Å². The van der Waals surface area contributed by atoms with Crippen LogP contribution in [0.3, 0.4) is 0 Å². The number of aromatic nitrogens is 1. The summed E-state index contributed by atoms with van der Waals surface area (Å²) in [5.74, 6) is 0. The molecule has 2 N–H and O–H groups in total. The summed E-state index contributed by atoms with van der Waals surface area (Å²) in [6.07, 6.45) is -1.01. The van der Waals surface area contributed by atoms with Gasteiger partial charge in [-0.25, -0.2) is 9.78 Å². The molecule has 0 radical (unpaired) electrons. The van der Waals surface area contributed by atoms with Gasteiger partial charge in [-0.15, -0.1) is 11.3 Å². The van der Waals surface area contributed by atoms with Crippen LogP contribution in [0.15, 0.2) is 29.8 Å². The van der Waals surface area contributed by atoms with Crippen molar-refractivity contribution in [2.75, 3.05) is 0 Å². The Labute approximate surface area is 109 Å². The largest absolute Gasteiger partial charge is 0.465 e. The van der Waals surface area contributed by atoms with E-state index in [1.807, 2.05) is 43.6 Å². The lowest BCUT2D eigenvalue weighted by molar-refractivity contribution is 0.191. The zero-order valence-electron chi connectivity index (χ0n) is 10.2. The molecule has 18 heavy (non-hydrogen) atoms. The molecule has 0 saturated heterocycles. The van der Waals surface area contributed by atoms with Crippen molar-refractivity contribution < 1.29 is 9.90 Å². The minimum Gasteiger partial charge on any atom is -0.465 e. The fourth-order valence-electron chi connectivity index (χ4n) is 1.77. The molecule has 0 bridgehead atoms. The first kappa shape index (κ1) is 12.6. The summed E-state index contributed by atoms with van der Waals surface area (Å²) in [5.41, 5.74) is 4.90. The minimum absolute atomic E-state index is 0.209. The van der Waals surface area contributed by atoms with E-state index in [9.17, 15) is 4.79 Å². The summed E-state index contributed by atoms with van der Waals surface area (Å²) in [7, 11) is 0. The normalized spacial score (nSPS) is 12.1. The number of hydrogen-bond acceptors (Lipinski definition) is 3. The molecule has 0 unspecified atom stereocenters. The van der Waals surface area contributed by atoms with Gasteiger partial charge in [0.25, 0.3) is 0 Å². The van der Waals surface area contributed by atoms with E-state index in [2.05, 4.69) is 10.3 Å². The number of rotatable bonds is 3. The predicted molar refractivity (Wildman–Crippen MR) is 71.9 cm³/mol. The van der Waals surface area contributed by atoms with Crippen LogP contribution in [0, 0.1) is 6.92 Å². The highest BCUT2D eigenvalue weighted by Gasteiger charge is 2.09. The Morgan fingerprint density at radius 3 is 2.56 bits per heavy atom. The Balaban J connectivity index is 2.20. The van der Waals surface area contributed by atoms with Crippen LogP contribution in [0.2, 0.25) is 0 Å². The number of nitrogens with one attached hydrogen (secondary N) is 1. The van der Waals surface area contributed by atoms with Crippen LogP contribution in [0.25, 0.3) is 10.4 Å². The lowest BCUT2D eigenvalue weighted by Crippen LogP contribution is -2.24. The molecule has 1 amide bonds. The Bertz CT molecular complexity index is 548. The highest BCUT2D eigenvalue weighted by Crippen LogP contribution is 2.28. The van der Waals surface area contributed by atoms with Crippen molar-refractivity contribution in [1.82, 2.24) is 10.3 Å². The smallest absolute Gasteiger partial charge is 0.405 e. The number of thiazole rings is 1. The third-order valence-electron chi connectivity index (χ3n) is 2.76. The van der Waals surface area contributed by atoms with Gasteiger partial charge in [-0.05, 0) is 25.0 Å². The van der Waals surface area contributed by atoms with Crippen molar-refractivity contribution >= 4 is 17.4 Å². The van der Waals surface area contributed by atoms with Gasteiger partial charge in [-0.3, -0.25) is 0 Å². The van der Waals surface area contributed by atoms with E-state index in [4.69, 9.17) is 5.11 Å². The van der Waals surface area contributed by atoms with E-state index >= 15 is 0 Å². The third-order valence-corrected chi connectivity index (χ3v) is 3.74. The molecule has 0 aliphatic rings. The lowest BCUT2D eigenvalue weighted by atomic mass is 10.1. The number of aryl methyl sites for hydroxylation is 1. The Kier molecular flexibility index (Phi) is 3.62. The second-order valence-corrected chi connectivity index (χ2v) is 4.91. The van der Waals surface area contributed by atoms with Gasteiger partial charge in [0.15, 0.2) is 0 Å². The molecule has 0 fully saturated rings. The maximum atomic E-state index is 10.6. The van der Waals surface area contributed by atoms with Crippen molar-refractivity contribution in [2.45, 2.75) is 19.9 Å². The molecule has 1 heterocycles. The summed E-state index contributed by atoms with van der Waals surface area (Å²) < 4.78 is 0. The second-order valence-electron chi connectivity index (χ2n) is 4.06. The lowest BCUT2D eigenvalue weighted by Gasteiger charge is -2.12. The summed E-state index contributed by atoms with van der Waals surface area (Å²) >= 11 is 1.61. The summed E-state index contributed by atoms with van der Waals surface area (Å²) in [4.78, 5) is 15.9. The van der Waals surface area contributed by atoms with Gasteiger partial charge in [0.05, 0.1) is 22.1 Å². The number of nitrogens with zero attached hydrogens (tertiary/aromatic N) is 1. The number of amides is 1. The van der Waals surface area contributed by atoms with Crippen LogP contribution in [0.4, 0.5) is 4.79 Å². The highest BCUT2D eigenvalue weighted by molar-refractivity contribution is 7.13. The van der Waals surface area contributed by atoms with Gasteiger partial charge in [0, 0.05) is 0 Å². The average molecular weight is 262 g/mol. The highest BCUT2D eigenvalue weighted by atomic mass is 32.1. The van der Waals surface area contributed by atoms with Crippen molar-refractivity contribution in [1.29, 1.82) is 0 Å². The van der Waals surface area contributed by atoms with Crippen molar-refractivity contribution in [3.8, 4) is 10.4 Å². The number of carbonyl (C=O) groups is 1. The van der Waals surface area contributed by atoms with E-state index in [1.165, 1.54) is 0 Å². The van der Waals surface area contributed by atoms with Crippen molar-refractivity contribution in [3.05, 3.63) is 41.0 Å². The summed E-state index contributed by atoms with van der Waals surface area (Å²) in [6.45, 7) is 3.80. The van der Waals surface area contributed by atoms with E-state index in [0.717, 1.165) is 21.7 Å². The van der Waals surface area contributed by atoms with Gasteiger partial charge < -0.3 is 10.4 Å². The molecular weight excluding hydrogens is 248 g/mol. The van der Waals surface area contributed by atoms with E-state index in [0.29, 0.717) is 0 Å². The van der Waals surface area contributed by atoms with Gasteiger partial charge in [0.1, 0.15) is 0 Å². The van der Waals surface area contributed by atoms with Gasteiger partial charge in [0.2, 0.25) is 0 Å². The monoisotopic (exact) mass is 262 g/mol. The molecule has 1 aromatic heterocycles. The van der Waals surface area contributed by atoms with Crippen LogP contribution >= 0.6 is 11.3 Å². The average Bonchev–Trinajstić information content (AvgIpc) is 2.75. The Morgan fingerprint density at radius 2 is 2.06 bits per heavy atom. The molecule has 4 nitrogen and oxygen atoms in total. The molecule has 1 aromatic carbocycles. The second kappa shape index (κ2) is 5.18. The van der Waals surface area contributed by atoms with Crippen LogP contribution in [-0.2, 0) is 0 Å².